The summed E-state index contributed by atoms with van der Waals surface area (Å²) in [5.41, 5.74) is 1.13. The van der Waals surface area contributed by atoms with Crippen LogP contribution in [0.3, 0.4) is 0 Å². The second-order valence-corrected chi connectivity index (χ2v) is 6.60. The summed E-state index contributed by atoms with van der Waals surface area (Å²) in [7, 11) is 1.69. The average Bonchev–Trinajstić information content (AvgIpc) is 2.86. The van der Waals surface area contributed by atoms with E-state index in [-0.39, 0.29) is 11.7 Å². The average molecular weight is 293 g/mol. The fourth-order valence-electron chi connectivity index (χ4n) is 2.69. The first-order valence-corrected chi connectivity index (χ1v) is 7.51. The van der Waals surface area contributed by atoms with Crippen molar-refractivity contribution in [2.45, 2.75) is 52.0 Å². The third-order valence-electron chi connectivity index (χ3n) is 3.64. The zero-order chi connectivity index (χ0) is 15.5. The first-order valence-electron chi connectivity index (χ1n) is 7.51. The lowest BCUT2D eigenvalue weighted by atomic mass is 10.1. The summed E-state index contributed by atoms with van der Waals surface area (Å²) in [6, 6.07) is 8.49. The Bertz CT molecular complexity index is 438. The topological polar surface area (TPSA) is 30.9 Å². The molecule has 1 aromatic rings. The smallest absolute Gasteiger partial charge is 0.118 e. The summed E-state index contributed by atoms with van der Waals surface area (Å²) in [4.78, 5) is 2.33. The summed E-state index contributed by atoms with van der Waals surface area (Å²) in [5, 5.41) is 0. The SMILES string of the molecule is COc1ccc(CN2COC[C@@H]2[C@H](C)OC(C)(C)C)cc1. The summed E-state index contributed by atoms with van der Waals surface area (Å²) in [6.45, 7) is 10.7. The van der Waals surface area contributed by atoms with Crippen molar-refractivity contribution in [1.82, 2.24) is 4.90 Å². The monoisotopic (exact) mass is 293 g/mol. The molecule has 21 heavy (non-hydrogen) atoms. The van der Waals surface area contributed by atoms with Gasteiger partial charge in [-0.25, -0.2) is 0 Å². The van der Waals surface area contributed by atoms with Gasteiger partial charge in [0.1, 0.15) is 5.75 Å². The molecule has 0 saturated carbocycles. The van der Waals surface area contributed by atoms with Crippen molar-refractivity contribution in [3.63, 3.8) is 0 Å². The molecule has 1 fully saturated rings. The van der Waals surface area contributed by atoms with E-state index in [2.05, 4.69) is 44.7 Å². The van der Waals surface area contributed by atoms with E-state index < -0.39 is 0 Å². The van der Waals surface area contributed by atoms with E-state index in [9.17, 15) is 0 Å². The molecule has 0 N–H and O–H groups in total. The Morgan fingerprint density at radius 3 is 2.52 bits per heavy atom. The number of nitrogens with zero attached hydrogens (tertiary/aromatic N) is 1. The molecule has 0 unspecified atom stereocenters. The second-order valence-electron chi connectivity index (χ2n) is 6.60. The Kier molecular flexibility index (Phi) is 5.25. The molecule has 0 aromatic heterocycles. The second kappa shape index (κ2) is 6.77. The number of ether oxygens (including phenoxy) is 3. The predicted octanol–water partition coefficient (Wildman–Crippen LogP) is 3.06. The lowest BCUT2D eigenvalue weighted by molar-refractivity contribution is -0.0795. The molecule has 2 atom stereocenters. The minimum absolute atomic E-state index is 0.131. The van der Waals surface area contributed by atoms with Gasteiger partial charge in [-0.2, -0.15) is 0 Å². The van der Waals surface area contributed by atoms with Crippen LogP contribution in [0.15, 0.2) is 24.3 Å². The van der Waals surface area contributed by atoms with Crippen molar-refractivity contribution >= 4 is 0 Å². The van der Waals surface area contributed by atoms with Crippen molar-refractivity contribution in [2.75, 3.05) is 20.4 Å². The first-order chi connectivity index (χ1) is 9.89. The van der Waals surface area contributed by atoms with E-state index in [0.717, 1.165) is 18.9 Å². The van der Waals surface area contributed by atoms with Crippen LogP contribution in [-0.4, -0.2) is 43.1 Å². The standard InChI is InChI=1S/C17H27NO3/c1-13(21-17(2,3)4)16-11-20-12-18(16)10-14-6-8-15(19-5)9-7-14/h6-9,13,16H,10-12H2,1-5H3/t13-,16+/m0/s1. The highest BCUT2D eigenvalue weighted by molar-refractivity contribution is 5.27. The Labute approximate surface area is 128 Å². The molecule has 1 aliphatic heterocycles. The van der Waals surface area contributed by atoms with Crippen LogP contribution in [0.1, 0.15) is 33.3 Å². The van der Waals surface area contributed by atoms with Gasteiger partial charge in [0.2, 0.25) is 0 Å². The number of hydrogen-bond acceptors (Lipinski definition) is 4. The van der Waals surface area contributed by atoms with E-state index >= 15 is 0 Å². The van der Waals surface area contributed by atoms with Gasteiger partial charge in [0.25, 0.3) is 0 Å². The minimum atomic E-state index is -0.131. The molecular weight excluding hydrogens is 266 g/mol. The van der Waals surface area contributed by atoms with E-state index in [1.807, 2.05) is 12.1 Å². The molecule has 1 saturated heterocycles. The van der Waals surface area contributed by atoms with Gasteiger partial charge >= 0.3 is 0 Å². The fourth-order valence-corrected chi connectivity index (χ4v) is 2.69. The van der Waals surface area contributed by atoms with Gasteiger partial charge in [0, 0.05) is 6.54 Å². The maximum Gasteiger partial charge on any atom is 0.118 e. The fraction of sp³-hybridized carbons (Fsp3) is 0.647. The zero-order valence-electron chi connectivity index (χ0n) is 13.8. The third kappa shape index (κ3) is 4.70. The van der Waals surface area contributed by atoms with Crippen LogP contribution < -0.4 is 4.74 Å². The van der Waals surface area contributed by atoms with E-state index in [0.29, 0.717) is 12.8 Å². The molecule has 4 nitrogen and oxygen atoms in total. The zero-order valence-corrected chi connectivity index (χ0v) is 13.8. The molecule has 1 aliphatic rings. The van der Waals surface area contributed by atoms with Crippen LogP contribution >= 0.6 is 0 Å². The predicted molar refractivity (Wildman–Crippen MR) is 83.4 cm³/mol. The maximum atomic E-state index is 6.08. The van der Waals surface area contributed by atoms with Gasteiger partial charge in [0.15, 0.2) is 0 Å². The molecule has 0 bridgehead atoms. The van der Waals surface area contributed by atoms with E-state index in [1.165, 1.54) is 5.56 Å². The van der Waals surface area contributed by atoms with Crippen LogP contribution in [-0.2, 0) is 16.0 Å². The van der Waals surface area contributed by atoms with Gasteiger partial charge < -0.3 is 14.2 Å². The Morgan fingerprint density at radius 1 is 1.29 bits per heavy atom. The van der Waals surface area contributed by atoms with Crippen LogP contribution in [0.5, 0.6) is 5.75 Å². The Balaban J connectivity index is 1.97. The summed E-state index contributed by atoms with van der Waals surface area (Å²) in [5.74, 6) is 0.886. The van der Waals surface area contributed by atoms with Crippen molar-refractivity contribution in [3.8, 4) is 5.75 Å². The van der Waals surface area contributed by atoms with Gasteiger partial charge in [0.05, 0.1) is 38.2 Å². The minimum Gasteiger partial charge on any atom is -0.497 e. The highest BCUT2D eigenvalue weighted by Crippen LogP contribution is 2.23. The van der Waals surface area contributed by atoms with E-state index in [1.54, 1.807) is 7.11 Å². The normalized spacial score (nSPS) is 21.5. The lowest BCUT2D eigenvalue weighted by Gasteiger charge is -2.32. The van der Waals surface area contributed by atoms with Crippen molar-refractivity contribution in [1.29, 1.82) is 0 Å². The highest BCUT2D eigenvalue weighted by atomic mass is 16.5. The van der Waals surface area contributed by atoms with Crippen LogP contribution in [0.25, 0.3) is 0 Å². The Hall–Kier alpha value is -1.10. The van der Waals surface area contributed by atoms with Gasteiger partial charge in [-0.05, 0) is 45.4 Å². The summed E-state index contributed by atoms with van der Waals surface area (Å²) < 4.78 is 16.9. The third-order valence-corrected chi connectivity index (χ3v) is 3.64. The van der Waals surface area contributed by atoms with Crippen LogP contribution in [0.4, 0.5) is 0 Å². The molecule has 0 radical (unpaired) electrons. The molecule has 118 valence electrons. The largest absolute Gasteiger partial charge is 0.497 e. The van der Waals surface area contributed by atoms with Crippen LogP contribution in [0, 0.1) is 0 Å². The van der Waals surface area contributed by atoms with Crippen molar-refractivity contribution in [3.05, 3.63) is 29.8 Å². The molecule has 4 heteroatoms. The molecule has 2 rings (SSSR count). The molecule has 1 aromatic carbocycles. The van der Waals surface area contributed by atoms with E-state index in [4.69, 9.17) is 14.2 Å². The van der Waals surface area contributed by atoms with Crippen molar-refractivity contribution in [2.24, 2.45) is 0 Å². The molecule has 1 heterocycles. The quantitative estimate of drug-likeness (QED) is 0.835. The van der Waals surface area contributed by atoms with Gasteiger partial charge in [-0.3, -0.25) is 4.90 Å². The number of hydrogen-bond donors (Lipinski definition) is 0. The van der Waals surface area contributed by atoms with Gasteiger partial charge in [-0.1, -0.05) is 12.1 Å². The summed E-state index contributed by atoms with van der Waals surface area (Å²) >= 11 is 0. The maximum absolute atomic E-state index is 6.08. The van der Waals surface area contributed by atoms with Crippen LogP contribution in [0.2, 0.25) is 0 Å². The number of methoxy groups -OCH3 is 1. The summed E-state index contributed by atoms with van der Waals surface area (Å²) in [6.07, 6.45) is 0.144. The molecule has 0 aliphatic carbocycles. The molecular formula is C17H27NO3. The lowest BCUT2D eigenvalue weighted by Crippen LogP contribution is -2.43. The molecule has 0 amide bonds. The van der Waals surface area contributed by atoms with Gasteiger partial charge in [-0.15, -0.1) is 0 Å². The highest BCUT2D eigenvalue weighted by Gasteiger charge is 2.32. The first kappa shape index (κ1) is 16.3. The molecule has 0 spiro atoms. The number of benzene rings is 1. The van der Waals surface area contributed by atoms with Crippen molar-refractivity contribution < 1.29 is 14.2 Å². The number of rotatable bonds is 5. The Morgan fingerprint density at radius 2 is 1.95 bits per heavy atom.